The zero-order valence-electron chi connectivity index (χ0n) is 20.5. The van der Waals surface area contributed by atoms with E-state index in [0.29, 0.717) is 59.4 Å². The third kappa shape index (κ3) is 6.05. The molecule has 0 amide bonds. The van der Waals surface area contributed by atoms with Crippen molar-refractivity contribution in [2.24, 2.45) is 0 Å². The molecule has 1 saturated heterocycles. The van der Waals surface area contributed by atoms with Crippen molar-refractivity contribution in [3.05, 3.63) is 29.0 Å². The Labute approximate surface area is 213 Å². The molecular weight excluding hydrogens is 490 g/mol. The van der Waals surface area contributed by atoms with E-state index in [4.69, 9.17) is 40.6 Å². The van der Waals surface area contributed by atoms with Gasteiger partial charge in [0.1, 0.15) is 28.6 Å². The van der Waals surface area contributed by atoms with E-state index in [1.165, 1.54) is 0 Å². The summed E-state index contributed by atoms with van der Waals surface area (Å²) in [6, 6.07) is 4.51. The predicted octanol–water partition coefficient (Wildman–Crippen LogP) is 3.73. The lowest BCUT2D eigenvalue weighted by Gasteiger charge is -2.28. The van der Waals surface area contributed by atoms with Gasteiger partial charge in [0.05, 0.1) is 12.7 Å². The molecule has 3 heterocycles. The van der Waals surface area contributed by atoms with Gasteiger partial charge in [-0.1, -0.05) is 11.6 Å². The van der Waals surface area contributed by atoms with Crippen LogP contribution in [0, 0.1) is 0 Å². The highest BCUT2D eigenvalue weighted by atomic mass is 35.5. The molecule has 0 unspecified atom stereocenters. The average molecular weight is 520 g/mol. The lowest BCUT2D eigenvalue weighted by Crippen LogP contribution is -2.41. The first kappa shape index (κ1) is 26.1. The summed E-state index contributed by atoms with van der Waals surface area (Å²) in [6.07, 6.45) is 0.279. The Morgan fingerprint density at radius 2 is 2.03 bits per heavy atom. The molecule has 0 aliphatic carbocycles. The molecule has 1 aliphatic heterocycles. The Balaban J connectivity index is 1.68. The van der Waals surface area contributed by atoms with E-state index in [1.54, 1.807) is 37.8 Å². The lowest BCUT2D eigenvalue weighted by atomic mass is 10.1. The lowest BCUT2D eigenvalue weighted by molar-refractivity contribution is -0.156. The summed E-state index contributed by atoms with van der Waals surface area (Å²) in [4.78, 5) is 34.8. The molecule has 0 spiro atoms. The number of fused-ring (bicyclic) bond motifs is 3. The van der Waals surface area contributed by atoms with Crippen LogP contribution in [0.1, 0.15) is 45.9 Å². The SMILES string of the molecule is CC(C)(C)OC(=O)[C@@H]1C[C@H](O)CN1c1nc(CCOCCCC(=O)O)nc2c1oc1cc(Cl)ccc12. The maximum Gasteiger partial charge on any atom is 0.329 e. The molecule has 0 bridgehead atoms. The Kier molecular flexibility index (Phi) is 7.67. The van der Waals surface area contributed by atoms with E-state index < -0.39 is 29.7 Å². The highest BCUT2D eigenvalue weighted by Crippen LogP contribution is 2.37. The Bertz CT molecular complexity index is 1270. The quantitative estimate of drug-likeness (QED) is 0.318. The van der Waals surface area contributed by atoms with Gasteiger partial charge in [-0.25, -0.2) is 14.8 Å². The zero-order valence-corrected chi connectivity index (χ0v) is 21.2. The van der Waals surface area contributed by atoms with Crippen LogP contribution in [0.3, 0.4) is 0 Å². The number of benzene rings is 1. The number of carbonyl (C=O) groups is 2. The predicted molar refractivity (Wildman–Crippen MR) is 133 cm³/mol. The highest BCUT2D eigenvalue weighted by molar-refractivity contribution is 6.31. The number of hydrogen-bond donors (Lipinski definition) is 2. The van der Waals surface area contributed by atoms with Crippen LogP contribution in [0.25, 0.3) is 22.1 Å². The number of aliphatic hydroxyl groups is 1. The Morgan fingerprint density at radius 1 is 1.25 bits per heavy atom. The smallest absolute Gasteiger partial charge is 0.329 e. The van der Waals surface area contributed by atoms with Gasteiger partial charge in [-0.15, -0.1) is 0 Å². The number of hydrogen-bond acceptors (Lipinski definition) is 9. The van der Waals surface area contributed by atoms with Crippen LogP contribution >= 0.6 is 11.6 Å². The molecule has 11 heteroatoms. The van der Waals surface area contributed by atoms with Gasteiger partial charge in [0.15, 0.2) is 11.4 Å². The third-order valence-electron chi connectivity index (χ3n) is 5.68. The zero-order chi connectivity index (χ0) is 26.0. The minimum atomic E-state index is -0.865. The number of nitrogens with zero attached hydrogens (tertiary/aromatic N) is 3. The van der Waals surface area contributed by atoms with Gasteiger partial charge in [0.2, 0.25) is 0 Å². The summed E-state index contributed by atoms with van der Waals surface area (Å²) < 4.78 is 17.3. The number of carbonyl (C=O) groups excluding carboxylic acids is 1. The molecule has 1 fully saturated rings. The van der Waals surface area contributed by atoms with Crippen molar-refractivity contribution in [2.45, 2.75) is 64.2 Å². The van der Waals surface area contributed by atoms with Crippen molar-refractivity contribution in [1.82, 2.24) is 9.97 Å². The molecule has 3 aromatic rings. The van der Waals surface area contributed by atoms with Crippen LogP contribution in [0.2, 0.25) is 5.02 Å². The molecule has 2 N–H and O–H groups in total. The highest BCUT2D eigenvalue weighted by Gasteiger charge is 2.41. The molecule has 10 nitrogen and oxygen atoms in total. The molecule has 4 rings (SSSR count). The molecule has 2 aromatic heterocycles. The molecule has 0 radical (unpaired) electrons. The largest absolute Gasteiger partial charge is 0.481 e. The maximum absolute atomic E-state index is 13.0. The van der Waals surface area contributed by atoms with Crippen molar-refractivity contribution in [3.8, 4) is 0 Å². The molecular formula is C25H30ClN3O7. The number of aliphatic carboxylic acids is 1. The number of carboxylic acid groups (broad SMARTS) is 1. The normalized spacial score (nSPS) is 18.3. The van der Waals surface area contributed by atoms with E-state index in [0.717, 1.165) is 5.39 Å². The first-order chi connectivity index (χ1) is 17.0. The van der Waals surface area contributed by atoms with Gasteiger partial charge in [-0.2, -0.15) is 0 Å². The number of β-amino-alcohol motifs (C(OH)–C–C–N with tert-alkyl or cyclic N) is 1. The van der Waals surface area contributed by atoms with Crippen molar-refractivity contribution in [3.63, 3.8) is 0 Å². The fourth-order valence-electron chi connectivity index (χ4n) is 4.19. The number of anilines is 1. The molecule has 194 valence electrons. The number of aromatic nitrogens is 2. The average Bonchev–Trinajstić information content (AvgIpc) is 3.34. The van der Waals surface area contributed by atoms with Gasteiger partial charge >= 0.3 is 11.9 Å². The van der Waals surface area contributed by atoms with Crippen molar-refractivity contribution in [2.75, 3.05) is 24.7 Å². The molecule has 0 saturated carbocycles. The maximum atomic E-state index is 13.0. The van der Waals surface area contributed by atoms with Gasteiger partial charge in [-0.3, -0.25) is 4.79 Å². The fraction of sp³-hybridized carbons (Fsp3) is 0.520. The molecule has 36 heavy (non-hydrogen) atoms. The van der Waals surface area contributed by atoms with E-state index in [-0.39, 0.29) is 19.4 Å². The summed E-state index contributed by atoms with van der Waals surface area (Å²) in [7, 11) is 0. The van der Waals surface area contributed by atoms with Crippen LogP contribution in [0.4, 0.5) is 5.82 Å². The van der Waals surface area contributed by atoms with Crippen LogP contribution in [0.5, 0.6) is 0 Å². The van der Waals surface area contributed by atoms with Gasteiger partial charge in [0.25, 0.3) is 0 Å². The first-order valence-electron chi connectivity index (χ1n) is 11.9. The number of ether oxygens (including phenoxy) is 2. The van der Waals surface area contributed by atoms with Crippen LogP contribution in [-0.4, -0.2) is 69.6 Å². The monoisotopic (exact) mass is 519 g/mol. The van der Waals surface area contributed by atoms with E-state index in [1.807, 2.05) is 6.07 Å². The van der Waals surface area contributed by atoms with Gasteiger partial charge in [-0.05, 0) is 39.3 Å². The molecule has 1 aromatic carbocycles. The second kappa shape index (κ2) is 10.6. The number of furan rings is 1. The summed E-state index contributed by atoms with van der Waals surface area (Å²) in [5, 5.41) is 20.5. The molecule has 1 aliphatic rings. The Morgan fingerprint density at radius 3 is 2.75 bits per heavy atom. The number of aliphatic hydroxyl groups excluding tert-OH is 1. The van der Waals surface area contributed by atoms with E-state index in [2.05, 4.69) is 0 Å². The Hall–Kier alpha value is -2.95. The standard InChI is InChI=1S/C25H30ClN3O7/c1-25(2,3)36-24(33)17-12-15(30)13-29(17)23-22-21(16-7-6-14(26)11-18(16)35-22)27-19(28-23)8-10-34-9-4-5-20(31)32/h6-7,11,15,17,30H,4-5,8-10,12-13H2,1-3H3,(H,31,32)/t15-,17-/m0/s1. The van der Waals surface area contributed by atoms with Gasteiger partial charge < -0.3 is 29.0 Å². The third-order valence-corrected chi connectivity index (χ3v) is 5.92. The summed E-state index contributed by atoms with van der Waals surface area (Å²) in [5.41, 5.74) is 0.804. The molecule has 2 atom stereocenters. The minimum Gasteiger partial charge on any atom is -0.481 e. The van der Waals surface area contributed by atoms with E-state index in [9.17, 15) is 14.7 Å². The summed E-state index contributed by atoms with van der Waals surface area (Å²) in [6.45, 7) is 6.17. The fourth-order valence-corrected chi connectivity index (χ4v) is 4.35. The van der Waals surface area contributed by atoms with Crippen molar-refractivity contribution in [1.29, 1.82) is 0 Å². The number of esters is 1. The van der Waals surface area contributed by atoms with Crippen LogP contribution in [0.15, 0.2) is 22.6 Å². The van der Waals surface area contributed by atoms with Crippen LogP contribution in [-0.2, 0) is 25.5 Å². The van der Waals surface area contributed by atoms with E-state index >= 15 is 0 Å². The summed E-state index contributed by atoms with van der Waals surface area (Å²) >= 11 is 6.17. The summed E-state index contributed by atoms with van der Waals surface area (Å²) in [5.74, 6) is -0.456. The second-order valence-electron chi connectivity index (χ2n) is 9.83. The second-order valence-corrected chi connectivity index (χ2v) is 10.3. The van der Waals surface area contributed by atoms with Crippen LogP contribution < -0.4 is 4.90 Å². The van der Waals surface area contributed by atoms with Crippen molar-refractivity contribution >= 4 is 51.4 Å². The number of carboxylic acids is 1. The number of rotatable bonds is 9. The van der Waals surface area contributed by atoms with Gasteiger partial charge in [0, 0.05) is 48.9 Å². The minimum absolute atomic E-state index is 0.0412. The number of halogens is 1. The topological polar surface area (TPSA) is 135 Å². The first-order valence-corrected chi connectivity index (χ1v) is 12.3. The van der Waals surface area contributed by atoms with Crippen molar-refractivity contribution < 1.29 is 33.7 Å².